The first-order chi connectivity index (χ1) is 12.7. The quantitative estimate of drug-likeness (QED) is 0.725. The van der Waals surface area contributed by atoms with Gasteiger partial charge in [0.05, 0.1) is 17.6 Å². The predicted octanol–water partition coefficient (Wildman–Crippen LogP) is 2.60. The molecule has 0 N–H and O–H groups in total. The standard InChI is InChI=1S/C20H24N6/c1-16-13-17(2)26(23-16)19-5-3-18(4-6-19)15-24-9-11-25(12-10-24)20-14-21-7-8-22-20/h3-8,13-14H,9-12,15H2,1-2H3. The summed E-state index contributed by atoms with van der Waals surface area (Å²) in [7, 11) is 0. The zero-order valence-electron chi connectivity index (χ0n) is 15.3. The lowest BCUT2D eigenvalue weighted by Crippen LogP contribution is -2.46. The number of aromatic nitrogens is 4. The van der Waals surface area contributed by atoms with Gasteiger partial charge in [-0.2, -0.15) is 5.10 Å². The van der Waals surface area contributed by atoms with Crippen LogP contribution in [-0.2, 0) is 6.54 Å². The average molecular weight is 348 g/mol. The van der Waals surface area contributed by atoms with Crippen LogP contribution in [0.25, 0.3) is 5.69 Å². The van der Waals surface area contributed by atoms with Gasteiger partial charge in [-0.25, -0.2) is 9.67 Å². The number of piperazine rings is 1. The Kier molecular flexibility index (Phi) is 4.67. The van der Waals surface area contributed by atoms with Crippen molar-refractivity contribution >= 4 is 5.82 Å². The number of aryl methyl sites for hydroxylation is 2. The minimum Gasteiger partial charge on any atom is -0.353 e. The highest BCUT2D eigenvalue weighted by molar-refractivity contribution is 5.37. The molecule has 0 spiro atoms. The molecule has 6 heteroatoms. The lowest BCUT2D eigenvalue weighted by atomic mass is 10.1. The molecule has 3 aromatic rings. The summed E-state index contributed by atoms with van der Waals surface area (Å²) < 4.78 is 2.00. The SMILES string of the molecule is Cc1cc(C)n(-c2ccc(CN3CCN(c4cnccn4)CC3)cc2)n1. The summed E-state index contributed by atoms with van der Waals surface area (Å²) in [6.45, 7) is 9.14. The summed E-state index contributed by atoms with van der Waals surface area (Å²) in [5.74, 6) is 0.974. The van der Waals surface area contributed by atoms with Crippen LogP contribution >= 0.6 is 0 Å². The molecule has 0 bridgehead atoms. The number of benzene rings is 1. The fourth-order valence-electron chi connectivity index (χ4n) is 3.48. The monoisotopic (exact) mass is 348 g/mol. The van der Waals surface area contributed by atoms with Crippen molar-refractivity contribution in [2.75, 3.05) is 31.1 Å². The maximum Gasteiger partial charge on any atom is 0.147 e. The number of anilines is 1. The summed E-state index contributed by atoms with van der Waals surface area (Å²) in [6.07, 6.45) is 5.31. The Morgan fingerprint density at radius 1 is 0.962 bits per heavy atom. The van der Waals surface area contributed by atoms with Gasteiger partial charge in [0.25, 0.3) is 0 Å². The van der Waals surface area contributed by atoms with Gasteiger partial charge >= 0.3 is 0 Å². The van der Waals surface area contributed by atoms with Crippen molar-refractivity contribution in [2.24, 2.45) is 0 Å². The second kappa shape index (κ2) is 7.25. The Hall–Kier alpha value is -2.73. The van der Waals surface area contributed by atoms with Crippen LogP contribution < -0.4 is 4.90 Å². The van der Waals surface area contributed by atoms with Gasteiger partial charge in [-0.1, -0.05) is 12.1 Å². The third kappa shape index (κ3) is 3.60. The van der Waals surface area contributed by atoms with Crippen LogP contribution in [0.5, 0.6) is 0 Å². The molecule has 1 aliphatic heterocycles. The van der Waals surface area contributed by atoms with E-state index in [1.807, 2.05) is 17.8 Å². The van der Waals surface area contributed by atoms with Gasteiger partial charge in [-0.3, -0.25) is 9.88 Å². The molecular weight excluding hydrogens is 324 g/mol. The van der Waals surface area contributed by atoms with Crippen molar-refractivity contribution in [2.45, 2.75) is 20.4 Å². The van der Waals surface area contributed by atoms with Gasteiger partial charge in [0.1, 0.15) is 5.82 Å². The van der Waals surface area contributed by atoms with Crippen LogP contribution in [0.4, 0.5) is 5.82 Å². The fourth-order valence-corrected chi connectivity index (χ4v) is 3.48. The third-order valence-corrected chi connectivity index (χ3v) is 4.84. The van der Waals surface area contributed by atoms with E-state index in [-0.39, 0.29) is 0 Å². The molecule has 1 fully saturated rings. The number of hydrogen-bond acceptors (Lipinski definition) is 5. The lowest BCUT2D eigenvalue weighted by molar-refractivity contribution is 0.249. The van der Waals surface area contributed by atoms with Crippen molar-refractivity contribution < 1.29 is 0 Å². The van der Waals surface area contributed by atoms with E-state index in [9.17, 15) is 0 Å². The number of hydrogen-bond donors (Lipinski definition) is 0. The van der Waals surface area contributed by atoms with Crippen LogP contribution in [0.1, 0.15) is 17.0 Å². The number of rotatable bonds is 4. The van der Waals surface area contributed by atoms with Gasteiger partial charge in [0, 0.05) is 50.8 Å². The van der Waals surface area contributed by atoms with E-state index in [0.717, 1.165) is 55.6 Å². The Morgan fingerprint density at radius 3 is 2.35 bits per heavy atom. The highest BCUT2D eigenvalue weighted by atomic mass is 15.3. The third-order valence-electron chi connectivity index (χ3n) is 4.84. The molecule has 2 aromatic heterocycles. The number of nitrogens with zero attached hydrogens (tertiary/aromatic N) is 6. The second-order valence-electron chi connectivity index (χ2n) is 6.83. The van der Waals surface area contributed by atoms with Crippen LogP contribution in [0.2, 0.25) is 0 Å². The minimum atomic E-state index is 0.974. The smallest absolute Gasteiger partial charge is 0.147 e. The van der Waals surface area contributed by atoms with Crippen molar-refractivity contribution in [3.8, 4) is 5.69 Å². The molecule has 0 atom stereocenters. The Balaban J connectivity index is 1.36. The summed E-state index contributed by atoms with van der Waals surface area (Å²) in [5, 5.41) is 4.55. The van der Waals surface area contributed by atoms with Gasteiger partial charge in [0.2, 0.25) is 0 Å². The Labute approximate surface area is 154 Å². The van der Waals surface area contributed by atoms with Crippen LogP contribution in [0.3, 0.4) is 0 Å². The maximum absolute atomic E-state index is 4.55. The Morgan fingerprint density at radius 2 is 1.73 bits per heavy atom. The largest absolute Gasteiger partial charge is 0.353 e. The maximum atomic E-state index is 4.55. The van der Waals surface area contributed by atoms with Crippen molar-refractivity contribution in [3.63, 3.8) is 0 Å². The first-order valence-electron chi connectivity index (χ1n) is 9.05. The summed E-state index contributed by atoms with van der Waals surface area (Å²) in [6, 6.07) is 10.8. The van der Waals surface area contributed by atoms with Gasteiger partial charge in [0.15, 0.2) is 0 Å². The molecule has 0 amide bonds. The van der Waals surface area contributed by atoms with Crippen molar-refractivity contribution in [3.05, 3.63) is 65.9 Å². The highest BCUT2D eigenvalue weighted by Gasteiger charge is 2.18. The molecule has 1 aromatic carbocycles. The predicted molar refractivity (Wildman–Crippen MR) is 103 cm³/mol. The first kappa shape index (κ1) is 16.7. The zero-order chi connectivity index (χ0) is 17.9. The summed E-state index contributed by atoms with van der Waals surface area (Å²) in [4.78, 5) is 13.4. The van der Waals surface area contributed by atoms with Crippen LogP contribution in [-0.4, -0.2) is 50.8 Å². The molecule has 1 saturated heterocycles. The molecule has 0 aliphatic carbocycles. The molecule has 134 valence electrons. The topological polar surface area (TPSA) is 50.1 Å². The fraction of sp³-hybridized carbons (Fsp3) is 0.350. The van der Waals surface area contributed by atoms with E-state index in [0.29, 0.717) is 0 Å². The van der Waals surface area contributed by atoms with Gasteiger partial charge in [-0.15, -0.1) is 0 Å². The van der Waals surface area contributed by atoms with Gasteiger partial charge in [-0.05, 0) is 37.6 Å². The van der Waals surface area contributed by atoms with E-state index in [4.69, 9.17) is 0 Å². The van der Waals surface area contributed by atoms with E-state index >= 15 is 0 Å². The van der Waals surface area contributed by atoms with Crippen molar-refractivity contribution in [1.29, 1.82) is 0 Å². The molecular formula is C20H24N6. The highest BCUT2D eigenvalue weighted by Crippen LogP contribution is 2.16. The minimum absolute atomic E-state index is 0.974. The first-order valence-corrected chi connectivity index (χ1v) is 9.05. The average Bonchev–Trinajstić information content (AvgIpc) is 3.02. The lowest BCUT2D eigenvalue weighted by Gasteiger charge is -2.35. The van der Waals surface area contributed by atoms with E-state index < -0.39 is 0 Å². The van der Waals surface area contributed by atoms with E-state index in [1.165, 1.54) is 5.56 Å². The van der Waals surface area contributed by atoms with E-state index in [1.54, 1.807) is 12.4 Å². The molecule has 0 radical (unpaired) electrons. The summed E-state index contributed by atoms with van der Waals surface area (Å²) >= 11 is 0. The van der Waals surface area contributed by atoms with Crippen LogP contribution in [0, 0.1) is 13.8 Å². The van der Waals surface area contributed by atoms with Crippen LogP contribution in [0.15, 0.2) is 48.9 Å². The molecule has 6 nitrogen and oxygen atoms in total. The van der Waals surface area contributed by atoms with E-state index in [2.05, 4.69) is 62.1 Å². The molecule has 0 unspecified atom stereocenters. The zero-order valence-corrected chi connectivity index (χ0v) is 15.3. The molecule has 0 saturated carbocycles. The molecule has 26 heavy (non-hydrogen) atoms. The second-order valence-corrected chi connectivity index (χ2v) is 6.83. The molecule has 1 aliphatic rings. The van der Waals surface area contributed by atoms with Crippen molar-refractivity contribution in [1.82, 2.24) is 24.6 Å². The van der Waals surface area contributed by atoms with Gasteiger partial charge < -0.3 is 4.90 Å². The Bertz CT molecular complexity index is 848. The normalized spacial score (nSPS) is 15.4. The molecule has 4 rings (SSSR count). The summed E-state index contributed by atoms with van der Waals surface area (Å²) in [5.41, 5.74) is 4.66. The molecule has 3 heterocycles.